The fourth-order valence-corrected chi connectivity index (χ4v) is 3.45. The van der Waals surface area contributed by atoms with Crippen molar-refractivity contribution < 1.29 is 4.79 Å². The van der Waals surface area contributed by atoms with Crippen molar-refractivity contribution in [2.75, 3.05) is 20.1 Å². The van der Waals surface area contributed by atoms with Crippen molar-refractivity contribution in [1.82, 2.24) is 19.8 Å². The lowest BCUT2D eigenvalue weighted by molar-refractivity contribution is 0.0606. The van der Waals surface area contributed by atoms with E-state index in [9.17, 15) is 4.79 Å². The second-order valence-corrected chi connectivity index (χ2v) is 6.09. The second-order valence-electron chi connectivity index (χ2n) is 5.34. The van der Waals surface area contributed by atoms with Crippen molar-refractivity contribution >= 4 is 17.4 Å². The van der Waals surface area contributed by atoms with Gasteiger partial charge in [-0.3, -0.25) is 4.79 Å². The van der Waals surface area contributed by atoms with E-state index < -0.39 is 0 Å². The number of carbonyl (C=O) groups is 1. The molecular formula is C14H24N4OS. The van der Waals surface area contributed by atoms with E-state index in [0.717, 1.165) is 55.8 Å². The Morgan fingerprint density at radius 1 is 1.50 bits per heavy atom. The predicted octanol–water partition coefficient (Wildman–Crippen LogP) is 2.09. The summed E-state index contributed by atoms with van der Waals surface area (Å²) in [6, 6.07) is 0.361. The van der Waals surface area contributed by atoms with E-state index >= 15 is 0 Å². The first-order valence-electron chi connectivity index (χ1n) is 7.54. The summed E-state index contributed by atoms with van der Waals surface area (Å²) in [5.74, 6) is 0.143. The molecule has 5 nitrogen and oxygen atoms in total. The van der Waals surface area contributed by atoms with Gasteiger partial charge >= 0.3 is 0 Å². The molecule has 112 valence electrons. The molecule has 1 atom stereocenters. The van der Waals surface area contributed by atoms with Gasteiger partial charge in [0.1, 0.15) is 4.88 Å². The number of nitrogens with one attached hydrogen (secondary N) is 1. The standard InChI is InChI=1S/C14H24N4OS/c1-3-6-12-13(20-17-16-12)14(19)18-10-5-4-7-11(18)8-9-15-2/h11,15H,3-10H2,1-2H3. The highest BCUT2D eigenvalue weighted by Crippen LogP contribution is 2.24. The number of aryl methyl sites for hydroxylation is 1. The van der Waals surface area contributed by atoms with Crippen LogP contribution >= 0.6 is 11.5 Å². The normalized spacial score (nSPS) is 19.3. The molecule has 1 saturated heterocycles. The van der Waals surface area contributed by atoms with E-state index in [4.69, 9.17) is 0 Å². The van der Waals surface area contributed by atoms with Crippen LogP contribution in [0.3, 0.4) is 0 Å². The molecule has 1 aliphatic rings. The van der Waals surface area contributed by atoms with Crippen LogP contribution in [0.25, 0.3) is 0 Å². The molecule has 2 heterocycles. The quantitative estimate of drug-likeness (QED) is 0.873. The SMILES string of the molecule is CCCc1nnsc1C(=O)N1CCCCC1CCNC. The molecule has 2 rings (SSSR count). The van der Waals surface area contributed by atoms with Gasteiger partial charge in [0.05, 0.1) is 5.69 Å². The Bertz CT molecular complexity index is 435. The molecule has 0 aromatic carbocycles. The lowest BCUT2D eigenvalue weighted by Crippen LogP contribution is -2.44. The minimum atomic E-state index is 0.143. The Morgan fingerprint density at radius 2 is 2.35 bits per heavy atom. The molecule has 1 unspecified atom stereocenters. The van der Waals surface area contributed by atoms with Gasteiger partial charge in [-0.25, -0.2) is 0 Å². The van der Waals surface area contributed by atoms with Crippen LogP contribution in [0.5, 0.6) is 0 Å². The highest BCUT2D eigenvalue weighted by atomic mass is 32.1. The minimum absolute atomic E-state index is 0.143. The summed E-state index contributed by atoms with van der Waals surface area (Å²) >= 11 is 1.25. The summed E-state index contributed by atoms with van der Waals surface area (Å²) in [7, 11) is 1.96. The first-order chi connectivity index (χ1) is 9.77. The molecular weight excluding hydrogens is 272 g/mol. The first-order valence-corrected chi connectivity index (χ1v) is 8.32. The van der Waals surface area contributed by atoms with Crippen LogP contribution in [-0.4, -0.2) is 46.6 Å². The van der Waals surface area contributed by atoms with Crippen LogP contribution in [0.15, 0.2) is 0 Å². The number of amides is 1. The zero-order chi connectivity index (χ0) is 14.4. The monoisotopic (exact) mass is 296 g/mol. The van der Waals surface area contributed by atoms with Crippen LogP contribution in [0.2, 0.25) is 0 Å². The molecule has 0 saturated carbocycles. The van der Waals surface area contributed by atoms with Gasteiger partial charge in [-0.2, -0.15) is 0 Å². The fourth-order valence-electron chi connectivity index (χ4n) is 2.78. The zero-order valence-corrected chi connectivity index (χ0v) is 13.2. The van der Waals surface area contributed by atoms with Crippen molar-refractivity contribution in [2.24, 2.45) is 0 Å². The number of likely N-dealkylation sites (tertiary alicyclic amines) is 1. The number of nitrogens with zero attached hydrogens (tertiary/aromatic N) is 3. The molecule has 1 amide bonds. The van der Waals surface area contributed by atoms with Crippen molar-refractivity contribution in [1.29, 1.82) is 0 Å². The Hall–Kier alpha value is -1.01. The second kappa shape index (κ2) is 7.69. The fraction of sp³-hybridized carbons (Fsp3) is 0.786. The van der Waals surface area contributed by atoms with Gasteiger partial charge in [0, 0.05) is 12.6 Å². The molecule has 0 bridgehead atoms. The van der Waals surface area contributed by atoms with Crippen molar-refractivity contribution in [3.63, 3.8) is 0 Å². The van der Waals surface area contributed by atoms with Crippen LogP contribution in [0.4, 0.5) is 0 Å². The van der Waals surface area contributed by atoms with Gasteiger partial charge in [-0.05, 0) is 57.2 Å². The van der Waals surface area contributed by atoms with Crippen molar-refractivity contribution in [3.05, 3.63) is 10.6 Å². The average Bonchev–Trinajstić information content (AvgIpc) is 2.93. The zero-order valence-electron chi connectivity index (χ0n) is 12.4. The van der Waals surface area contributed by atoms with Crippen LogP contribution in [0.1, 0.15) is 54.4 Å². The Morgan fingerprint density at radius 3 is 3.10 bits per heavy atom. The molecule has 1 aromatic rings. The number of piperidine rings is 1. The Labute approximate surface area is 124 Å². The van der Waals surface area contributed by atoms with Gasteiger partial charge in [0.2, 0.25) is 0 Å². The number of carbonyl (C=O) groups excluding carboxylic acids is 1. The molecule has 0 spiro atoms. The topological polar surface area (TPSA) is 58.1 Å². The highest BCUT2D eigenvalue weighted by molar-refractivity contribution is 7.08. The van der Waals surface area contributed by atoms with Gasteiger partial charge in [0.25, 0.3) is 5.91 Å². The number of hydrogen-bond donors (Lipinski definition) is 1. The number of hydrogen-bond acceptors (Lipinski definition) is 5. The molecule has 0 radical (unpaired) electrons. The summed E-state index contributed by atoms with van der Waals surface area (Å²) < 4.78 is 3.98. The molecule has 1 aromatic heterocycles. The molecule has 20 heavy (non-hydrogen) atoms. The molecule has 0 aliphatic carbocycles. The maximum atomic E-state index is 12.8. The van der Waals surface area contributed by atoms with Gasteiger partial charge in [-0.1, -0.05) is 17.8 Å². The maximum Gasteiger partial charge on any atom is 0.267 e. The summed E-state index contributed by atoms with van der Waals surface area (Å²) in [6.07, 6.45) is 6.31. The third kappa shape index (κ3) is 3.55. The summed E-state index contributed by atoms with van der Waals surface area (Å²) in [5.41, 5.74) is 0.875. The van der Waals surface area contributed by atoms with Gasteiger partial charge < -0.3 is 10.2 Å². The largest absolute Gasteiger partial charge is 0.335 e. The number of aromatic nitrogens is 2. The lowest BCUT2D eigenvalue weighted by Gasteiger charge is -2.35. The molecule has 1 aliphatic heterocycles. The van der Waals surface area contributed by atoms with E-state index in [2.05, 4.69) is 26.7 Å². The molecule has 1 fully saturated rings. The summed E-state index contributed by atoms with van der Waals surface area (Å²) in [6.45, 7) is 3.93. The van der Waals surface area contributed by atoms with Gasteiger partial charge in [-0.15, -0.1) is 5.10 Å². The first kappa shape index (κ1) is 15.4. The van der Waals surface area contributed by atoms with Crippen LogP contribution in [0, 0.1) is 0 Å². The van der Waals surface area contributed by atoms with E-state index in [-0.39, 0.29) is 5.91 Å². The van der Waals surface area contributed by atoms with Crippen LogP contribution in [-0.2, 0) is 6.42 Å². The highest BCUT2D eigenvalue weighted by Gasteiger charge is 2.29. The lowest BCUT2D eigenvalue weighted by atomic mass is 9.99. The van der Waals surface area contributed by atoms with Crippen molar-refractivity contribution in [2.45, 2.75) is 51.5 Å². The van der Waals surface area contributed by atoms with Crippen molar-refractivity contribution in [3.8, 4) is 0 Å². The Kier molecular flexibility index (Phi) is 5.91. The summed E-state index contributed by atoms with van der Waals surface area (Å²) in [5, 5.41) is 7.30. The molecule has 6 heteroatoms. The smallest absolute Gasteiger partial charge is 0.267 e. The number of rotatable bonds is 6. The van der Waals surface area contributed by atoms with Crippen LogP contribution < -0.4 is 5.32 Å². The van der Waals surface area contributed by atoms with E-state index in [0.29, 0.717) is 6.04 Å². The average molecular weight is 296 g/mol. The predicted molar refractivity (Wildman–Crippen MR) is 81.1 cm³/mol. The Balaban J connectivity index is 2.10. The minimum Gasteiger partial charge on any atom is -0.335 e. The third-order valence-electron chi connectivity index (χ3n) is 3.85. The summed E-state index contributed by atoms with van der Waals surface area (Å²) in [4.78, 5) is 15.6. The maximum absolute atomic E-state index is 12.8. The third-order valence-corrected chi connectivity index (χ3v) is 4.61. The van der Waals surface area contributed by atoms with E-state index in [1.54, 1.807) is 0 Å². The van der Waals surface area contributed by atoms with E-state index in [1.165, 1.54) is 18.0 Å². The molecule has 1 N–H and O–H groups in total. The van der Waals surface area contributed by atoms with Gasteiger partial charge in [0.15, 0.2) is 0 Å². The van der Waals surface area contributed by atoms with E-state index in [1.807, 2.05) is 7.05 Å².